The monoisotopic (exact) mass is 277 g/mol. The van der Waals surface area contributed by atoms with Crippen LogP contribution in [-0.2, 0) is 12.0 Å². The van der Waals surface area contributed by atoms with E-state index in [1.165, 1.54) is 6.42 Å². The van der Waals surface area contributed by atoms with Crippen LogP contribution in [0.2, 0.25) is 0 Å². The van der Waals surface area contributed by atoms with Crippen LogP contribution in [0, 0.1) is 0 Å². The lowest BCUT2D eigenvalue weighted by Gasteiger charge is -2.24. The van der Waals surface area contributed by atoms with E-state index in [-0.39, 0.29) is 12.0 Å². The van der Waals surface area contributed by atoms with E-state index < -0.39 is 0 Å². The van der Waals surface area contributed by atoms with Gasteiger partial charge in [0.25, 0.3) is 0 Å². The zero-order valence-corrected chi connectivity index (χ0v) is 13.3. The summed E-state index contributed by atoms with van der Waals surface area (Å²) < 4.78 is 0. The molecule has 1 aromatic rings. The minimum Gasteiger partial charge on any atom is -0.392 e. The summed E-state index contributed by atoms with van der Waals surface area (Å²) >= 11 is 0. The second kappa shape index (κ2) is 5.70. The number of aliphatic hydroxyl groups is 1. The predicted octanol–water partition coefficient (Wildman–Crippen LogP) is 2.01. The molecule has 1 unspecified atom stereocenters. The van der Waals surface area contributed by atoms with Gasteiger partial charge in [-0.25, -0.2) is 4.98 Å². The van der Waals surface area contributed by atoms with Gasteiger partial charge in [0, 0.05) is 30.2 Å². The number of anilines is 1. The highest BCUT2D eigenvalue weighted by Crippen LogP contribution is 2.27. The van der Waals surface area contributed by atoms with E-state index in [9.17, 15) is 5.11 Å². The molecule has 0 bridgehead atoms. The van der Waals surface area contributed by atoms with Crippen LogP contribution in [-0.4, -0.2) is 48.2 Å². The smallest absolute Gasteiger partial charge is 0.129 e. The first-order chi connectivity index (χ1) is 9.31. The van der Waals surface area contributed by atoms with Gasteiger partial charge in [0.15, 0.2) is 0 Å². The van der Waals surface area contributed by atoms with Crippen molar-refractivity contribution >= 4 is 5.82 Å². The van der Waals surface area contributed by atoms with Crippen LogP contribution in [0.3, 0.4) is 0 Å². The molecule has 0 spiro atoms. The molecule has 2 rings (SSSR count). The molecule has 0 amide bonds. The van der Waals surface area contributed by atoms with E-state index in [2.05, 4.69) is 44.7 Å². The molecule has 20 heavy (non-hydrogen) atoms. The Morgan fingerprint density at radius 2 is 2.05 bits per heavy atom. The van der Waals surface area contributed by atoms with Crippen molar-refractivity contribution in [3.63, 3.8) is 0 Å². The lowest BCUT2D eigenvalue weighted by atomic mass is 9.91. The van der Waals surface area contributed by atoms with Crippen LogP contribution in [0.15, 0.2) is 12.1 Å². The van der Waals surface area contributed by atoms with Gasteiger partial charge in [-0.1, -0.05) is 20.8 Å². The highest BCUT2D eigenvalue weighted by Gasteiger charge is 2.26. The van der Waals surface area contributed by atoms with Crippen LogP contribution in [0.25, 0.3) is 0 Å². The van der Waals surface area contributed by atoms with Gasteiger partial charge in [0.2, 0.25) is 0 Å². The first-order valence-corrected chi connectivity index (χ1v) is 7.35. The van der Waals surface area contributed by atoms with Crippen molar-refractivity contribution in [2.45, 2.75) is 45.3 Å². The summed E-state index contributed by atoms with van der Waals surface area (Å²) in [6.45, 7) is 8.60. The zero-order chi connectivity index (χ0) is 14.9. The van der Waals surface area contributed by atoms with Crippen molar-refractivity contribution in [2.75, 3.05) is 32.1 Å². The molecule has 1 aliphatic rings. The Labute approximate surface area is 122 Å². The van der Waals surface area contributed by atoms with E-state index in [1.807, 2.05) is 12.1 Å². The fourth-order valence-corrected chi connectivity index (χ4v) is 2.58. The Bertz CT molecular complexity index is 465. The van der Waals surface area contributed by atoms with E-state index in [0.29, 0.717) is 6.04 Å². The first kappa shape index (κ1) is 15.3. The molecule has 0 saturated carbocycles. The number of rotatable bonds is 3. The largest absolute Gasteiger partial charge is 0.392 e. The van der Waals surface area contributed by atoms with Crippen LogP contribution in [0.4, 0.5) is 5.82 Å². The van der Waals surface area contributed by atoms with Gasteiger partial charge in [-0.3, -0.25) is 0 Å². The van der Waals surface area contributed by atoms with E-state index in [4.69, 9.17) is 4.98 Å². The molecule has 1 fully saturated rings. The van der Waals surface area contributed by atoms with Crippen molar-refractivity contribution < 1.29 is 5.11 Å². The summed E-state index contributed by atoms with van der Waals surface area (Å²) in [7, 11) is 4.26. The fraction of sp³-hybridized carbons (Fsp3) is 0.688. The molecule has 112 valence electrons. The number of pyridine rings is 1. The maximum absolute atomic E-state index is 9.48. The van der Waals surface area contributed by atoms with Gasteiger partial charge in [0.05, 0.1) is 6.61 Å². The summed E-state index contributed by atoms with van der Waals surface area (Å²) in [5.41, 5.74) is 2.00. The van der Waals surface area contributed by atoms with Gasteiger partial charge in [0.1, 0.15) is 5.82 Å². The third-order valence-electron chi connectivity index (χ3n) is 4.04. The molecular weight excluding hydrogens is 250 g/mol. The molecule has 1 aromatic heterocycles. The topological polar surface area (TPSA) is 39.6 Å². The quantitative estimate of drug-likeness (QED) is 0.917. The second-order valence-electron chi connectivity index (χ2n) is 6.98. The summed E-state index contributed by atoms with van der Waals surface area (Å²) in [6.07, 6.45) is 1.17. The maximum atomic E-state index is 9.48. The fourth-order valence-electron chi connectivity index (χ4n) is 2.58. The molecule has 1 saturated heterocycles. The average molecular weight is 277 g/mol. The summed E-state index contributed by atoms with van der Waals surface area (Å²) in [5, 5.41) is 9.48. The zero-order valence-electron chi connectivity index (χ0n) is 13.3. The Morgan fingerprint density at radius 1 is 1.35 bits per heavy atom. The highest BCUT2D eigenvalue weighted by molar-refractivity contribution is 5.45. The Hall–Kier alpha value is -1.13. The first-order valence-electron chi connectivity index (χ1n) is 7.35. The Morgan fingerprint density at radius 3 is 2.55 bits per heavy atom. The Kier molecular flexibility index (Phi) is 4.35. The number of aromatic nitrogens is 1. The molecule has 1 N–H and O–H groups in total. The van der Waals surface area contributed by atoms with Crippen molar-refractivity contribution in [3.05, 3.63) is 23.4 Å². The number of likely N-dealkylation sites (N-methyl/N-ethyl adjacent to an activating group) is 1. The van der Waals surface area contributed by atoms with Crippen LogP contribution in [0.5, 0.6) is 0 Å². The number of aliphatic hydroxyl groups excluding tert-OH is 1. The normalized spacial score (nSPS) is 19.9. The molecule has 0 radical (unpaired) electrons. The van der Waals surface area contributed by atoms with Gasteiger partial charge < -0.3 is 14.9 Å². The molecule has 4 nitrogen and oxygen atoms in total. The SMILES string of the molecule is CN(C)C1CCN(c2cc(CO)cc(C(C)(C)C)n2)C1. The van der Waals surface area contributed by atoms with Gasteiger partial charge >= 0.3 is 0 Å². The third-order valence-corrected chi connectivity index (χ3v) is 4.04. The van der Waals surface area contributed by atoms with Crippen molar-refractivity contribution in [1.29, 1.82) is 0 Å². The lowest BCUT2D eigenvalue weighted by Crippen LogP contribution is -2.32. The second-order valence-corrected chi connectivity index (χ2v) is 6.98. The molecule has 0 aliphatic carbocycles. The van der Waals surface area contributed by atoms with Gasteiger partial charge in [-0.2, -0.15) is 0 Å². The molecule has 0 aromatic carbocycles. The van der Waals surface area contributed by atoms with Gasteiger partial charge in [-0.15, -0.1) is 0 Å². The summed E-state index contributed by atoms with van der Waals surface area (Å²) in [5.74, 6) is 1.01. The van der Waals surface area contributed by atoms with Crippen molar-refractivity contribution in [2.24, 2.45) is 0 Å². The standard InChI is InChI=1S/C16H27N3O/c1-16(2,3)14-8-12(11-20)9-15(17-14)19-7-6-13(10-19)18(4)5/h8-9,13,20H,6-7,10-11H2,1-5H3. The van der Waals surface area contributed by atoms with Crippen molar-refractivity contribution in [1.82, 2.24) is 9.88 Å². The van der Waals surface area contributed by atoms with Crippen LogP contribution >= 0.6 is 0 Å². The molecule has 1 aliphatic heterocycles. The van der Waals surface area contributed by atoms with Crippen LogP contribution in [0.1, 0.15) is 38.4 Å². The van der Waals surface area contributed by atoms with E-state index in [0.717, 1.165) is 30.2 Å². The average Bonchev–Trinajstić information content (AvgIpc) is 2.87. The molecule has 4 heteroatoms. The highest BCUT2D eigenvalue weighted by atomic mass is 16.3. The van der Waals surface area contributed by atoms with Crippen molar-refractivity contribution in [3.8, 4) is 0 Å². The summed E-state index contributed by atoms with van der Waals surface area (Å²) in [4.78, 5) is 9.44. The predicted molar refractivity (Wildman–Crippen MR) is 83.2 cm³/mol. The molecule has 1 atom stereocenters. The molecular formula is C16H27N3O. The van der Waals surface area contributed by atoms with Gasteiger partial charge in [-0.05, 0) is 38.2 Å². The number of nitrogens with zero attached hydrogens (tertiary/aromatic N) is 3. The number of hydrogen-bond donors (Lipinski definition) is 1. The maximum Gasteiger partial charge on any atom is 0.129 e. The number of hydrogen-bond acceptors (Lipinski definition) is 4. The van der Waals surface area contributed by atoms with E-state index in [1.54, 1.807) is 0 Å². The Balaban J connectivity index is 2.28. The molecule has 2 heterocycles. The van der Waals surface area contributed by atoms with E-state index >= 15 is 0 Å². The summed E-state index contributed by atoms with van der Waals surface area (Å²) in [6, 6.07) is 4.63. The lowest BCUT2D eigenvalue weighted by molar-refractivity contribution is 0.281. The minimum atomic E-state index is 0.000599. The van der Waals surface area contributed by atoms with Crippen LogP contribution < -0.4 is 4.90 Å². The third kappa shape index (κ3) is 3.30. The minimum absolute atomic E-state index is 0.000599.